The Morgan fingerprint density at radius 1 is 1.10 bits per heavy atom. The Hall–Kier alpha value is -2.05. The second-order valence-corrected chi connectivity index (χ2v) is 8.18. The van der Waals surface area contributed by atoms with Crippen molar-refractivity contribution in [1.82, 2.24) is 0 Å². The van der Waals surface area contributed by atoms with Crippen LogP contribution in [0.5, 0.6) is 5.75 Å². The quantitative estimate of drug-likeness (QED) is 0.302. The van der Waals surface area contributed by atoms with Gasteiger partial charge in [-0.05, 0) is 84.1 Å². The van der Waals surface area contributed by atoms with E-state index in [1.165, 1.54) is 0 Å². The van der Waals surface area contributed by atoms with Crippen LogP contribution in [-0.4, -0.2) is 25.1 Å². The summed E-state index contributed by atoms with van der Waals surface area (Å²) in [5.41, 5.74) is 2.99. The summed E-state index contributed by atoms with van der Waals surface area (Å²) in [6.45, 7) is 6.72. The lowest BCUT2D eigenvalue weighted by molar-refractivity contribution is -0.116. The minimum Gasteiger partial charge on any atom is -0.492 e. The average Bonchev–Trinajstić information content (AvgIpc) is 2.73. The van der Waals surface area contributed by atoms with Crippen molar-refractivity contribution >= 4 is 45.1 Å². The van der Waals surface area contributed by atoms with Crippen LogP contribution in [0.4, 0.5) is 5.69 Å². The van der Waals surface area contributed by atoms with Crippen molar-refractivity contribution in [3.05, 3.63) is 56.5 Å². The standard InChI is InChI=1S/C23H27BrClNO4/c1-4-5-12-30-23(28)17-8-10-18(11-9-17)26-20(27)7-6-13-29-19-14-15(2)22(25)16(3)21(19)24/h8-11,14H,4-7,12-13H2,1-3H3,(H,26,27). The van der Waals surface area contributed by atoms with Gasteiger partial charge in [-0.3, -0.25) is 4.79 Å². The van der Waals surface area contributed by atoms with Crippen LogP contribution in [0, 0.1) is 13.8 Å². The van der Waals surface area contributed by atoms with Crippen molar-refractivity contribution in [2.45, 2.75) is 46.5 Å². The van der Waals surface area contributed by atoms with Gasteiger partial charge in [0.2, 0.25) is 5.91 Å². The van der Waals surface area contributed by atoms with Gasteiger partial charge in [-0.25, -0.2) is 4.79 Å². The van der Waals surface area contributed by atoms with Crippen LogP contribution in [0.2, 0.25) is 5.02 Å². The lowest BCUT2D eigenvalue weighted by Gasteiger charge is -2.13. The van der Waals surface area contributed by atoms with E-state index in [9.17, 15) is 9.59 Å². The summed E-state index contributed by atoms with van der Waals surface area (Å²) in [6, 6.07) is 8.57. The van der Waals surface area contributed by atoms with Gasteiger partial charge in [0.15, 0.2) is 0 Å². The highest BCUT2D eigenvalue weighted by Crippen LogP contribution is 2.35. The van der Waals surface area contributed by atoms with Crippen LogP contribution in [0.25, 0.3) is 0 Å². The number of aryl methyl sites for hydroxylation is 1. The SMILES string of the molecule is CCCCOC(=O)c1ccc(NC(=O)CCCOc2cc(C)c(Cl)c(C)c2Br)cc1. The molecule has 0 aliphatic rings. The van der Waals surface area contributed by atoms with Gasteiger partial charge in [0.1, 0.15) is 5.75 Å². The Morgan fingerprint density at radius 2 is 1.80 bits per heavy atom. The molecule has 0 saturated carbocycles. The van der Waals surface area contributed by atoms with Crippen LogP contribution >= 0.6 is 27.5 Å². The predicted octanol–water partition coefficient (Wildman–Crippen LogP) is 6.47. The number of unbranched alkanes of at least 4 members (excludes halogenated alkanes) is 1. The number of rotatable bonds is 10. The number of anilines is 1. The molecule has 2 aromatic carbocycles. The summed E-state index contributed by atoms with van der Waals surface area (Å²) in [7, 11) is 0. The van der Waals surface area contributed by atoms with Gasteiger partial charge in [-0.1, -0.05) is 24.9 Å². The average molecular weight is 497 g/mol. The van der Waals surface area contributed by atoms with Crippen LogP contribution < -0.4 is 10.1 Å². The van der Waals surface area contributed by atoms with E-state index in [4.69, 9.17) is 21.1 Å². The lowest BCUT2D eigenvalue weighted by Crippen LogP contribution is -2.13. The zero-order valence-electron chi connectivity index (χ0n) is 17.5. The zero-order valence-corrected chi connectivity index (χ0v) is 19.9. The molecule has 7 heteroatoms. The molecule has 0 spiro atoms. The van der Waals surface area contributed by atoms with Gasteiger partial charge >= 0.3 is 5.97 Å². The normalized spacial score (nSPS) is 10.6. The number of ether oxygens (including phenoxy) is 2. The van der Waals surface area contributed by atoms with E-state index in [2.05, 4.69) is 21.2 Å². The van der Waals surface area contributed by atoms with Gasteiger partial charge in [-0.15, -0.1) is 0 Å². The maximum Gasteiger partial charge on any atom is 0.338 e. The van der Waals surface area contributed by atoms with Crippen LogP contribution in [0.1, 0.15) is 54.1 Å². The number of carbonyl (C=O) groups excluding carboxylic acids is 2. The first-order chi connectivity index (χ1) is 14.3. The number of esters is 1. The Morgan fingerprint density at radius 3 is 2.47 bits per heavy atom. The van der Waals surface area contributed by atoms with Gasteiger partial charge in [0.25, 0.3) is 0 Å². The van der Waals surface area contributed by atoms with Gasteiger partial charge in [0, 0.05) is 17.1 Å². The first kappa shape index (κ1) is 24.2. The molecule has 0 aromatic heterocycles. The van der Waals surface area contributed by atoms with E-state index in [1.54, 1.807) is 24.3 Å². The third-order valence-electron chi connectivity index (χ3n) is 4.51. The van der Waals surface area contributed by atoms with Gasteiger partial charge in [0.05, 0.1) is 23.2 Å². The number of nitrogens with one attached hydrogen (secondary N) is 1. The molecule has 0 saturated heterocycles. The number of halogens is 2. The summed E-state index contributed by atoms with van der Waals surface area (Å²) in [4.78, 5) is 24.0. The summed E-state index contributed by atoms with van der Waals surface area (Å²) in [5.74, 6) is 0.257. The molecule has 5 nitrogen and oxygen atoms in total. The molecular formula is C23H27BrClNO4. The van der Waals surface area contributed by atoms with Crippen LogP contribution in [-0.2, 0) is 9.53 Å². The van der Waals surface area contributed by atoms with Crippen molar-refractivity contribution in [1.29, 1.82) is 0 Å². The predicted molar refractivity (Wildman–Crippen MR) is 124 cm³/mol. The molecule has 0 unspecified atom stereocenters. The number of benzene rings is 2. The highest BCUT2D eigenvalue weighted by atomic mass is 79.9. The Kier molecular flexibility index (Phi) is 9.66. The second-order valence-electron chi connectivity index (χ2n) is 7.01. The van der Waals surface area contributed by atoms with Crippen molar-refractivity contribution in [2.24, 2.45) is 0 Å². The van der Waals surface area contributed by atoms with E-state index in [-0.39, 0.29) is 11.9 Å². The Bertz CT molecular complexity index is 884. The van der Waals surface area contributed by atoms with Crippen molar-refractivity contribution < 1.29 is 19.1 Å². The lowest BCUT2D eigenvalue weighted by atomic mass is 10.1. The topological polar surface area (TPSA) is 64.6 Å². The highest BCUT2D eigenvalue weighted by molar-refractivity contribution is 9.10. The first-order valence-corrected chi connectivity index (χ1v) is 11.2. The second kappa shape index (κ2) is 12.0. The number of amides is 1. The monoisotopic (exact) mass is 495 g/mol. The highest BCUT2D eigenvalue weighted by Gasteiger charge is 2.12. The molecular weight excluding hydrogens is 470 g/mol. The number of hydrogen-bond acceptors (Lipinski definition) is 4. The summed E-state index contributed by atoms with van der Waals surface area (Å²) < 4.78 is 11.8. The molecule has 0 fully saturated rings. The minimum atomic E-state index is -0.350. The molecule has 1 N–H and O–H groups in total. The summed E-state index contributed by atoms with van der Waals surface area (Å²) in [5, 5.41) is 3.54. The molecule has 0 heterocycles. The fourth-order valence-electron chi connectivity index (χ4n) is 2.73. The van der Waals surface area contributed by atoms with Crippen LogP contribution in [0.15, 0.2) is 34.8 Å². The smallest absolute Gasteiger partial charge is 0.338 e. The molecule has 162 valence electrons. The molecule has 30 heavy (non-hydrogen) atoms. The zero-order chi connectivity index (χ0) is 22.1. The van der Waals surface area contributed by atoms with E-state index in [0.717, 1.165) is 34.2 Å². The molecule has 0 bridgehead atoms. The number of hydrogen-bond donors (Lipinski definition) is 1. The molecule has 0 aliphatic carbocycles. The largest absolute Gasteiger partial charge is 0.492 e. The molecule has 1 amide bonds. The number of carbonyl (C=O) groups is 2. The van der Waals surface area contributed by atoms with E-state index >= 15 is 0 Å². The van der Waals surface area contributed by atoms with Gasteiger partial charge in [-0.2, -0.15) is 0 Å². The van der Waals surface area contributed by atoms with Crippen molar-refractivity contribution in [2.75, 3.05) is 18.5 Å². The van der Waals surface area contributed by atoms with Gasteiger partial charge < -0.3 is 14.8 Å². The maximum atomic E-state index is 12.2. The van der Waals surface area contributed by atoms with E-state index in [0.29, 0.717) is 42.3 Å². The maximum absolute atomic E-state index is 12.2. The third kappa shape index (κ3) is 7.03. The molecule has 0 aliphatic heterocycles. The van der Waals surface area contributed by atoms with Crippen molar-refractivity contribution in [3.8, 4) is 5.75 Å². The summed E-state index contributed by atoms with van der Waals surface area (Å²) >= 11 is 9.73. The van der Waals surface area contributed by atoms with Crippen molar-refractivity contribution in [3.63, 3.8) is 0 Å². The molecule has 0 radical (unpaired) electrons. The van der Waals surface area contributed by atoms with Crippen LogP contribution in [0.3, 0.4) is 0 Å². The Labute approximate surface area is 191 Å². The molecule has 0 atom stereocenters. The third-order valence-corrected chi connectivity index (χ3v) is 6.08. The minimum absolute atomic E-state index is 0.112. The van der Waals surface area contributed by atoms with E-state index < -0.39 is 0 Å². The molecule has 2 rings (SSSR count). The van der Waals surface area contributed by atoms with E-state index in [1.807, 2.05) is 26.8 Å². The molecule has 2 aromatic rings. The Balaban J connectivity index is 1.77. The summed E-state index contributed by atoms with van der Waals surface area (Å²) in [6.07, 6.45) is 2.71. The first-order valence-electron chi connectivity index (χ1n) is 9.98. The fraction of sp³-hybridized carbons (Fsp3) is 0.391. The fourth-order valence-corrected chi connectivity index (χ4v) is 3.42.